The van der Waals surface area contributed by atoms with Crippen LogP contribution < -0.4 is 20.0 Å². The van der Waals surface area contributed by atoms with Crippen molar-refractivity contribution in [3.05, 3.63) is 209 Å². The molecule has 0 N–H and O–H groups in total. The summed E-state index contributed by atoms with van der Waals surface area (Å²) in [6.07, 6.45) is 0. The standard InChI is InChI=1S/C56H41BN2S/c1-34-31-42-39-22-16-26-46-52(39)59(48-27-14-13-25-45(48)56(46)43-23-11-8-19-37(43)38-20-9-12-24-44(38)56)57-51(42)49(32-34)58(53-40-21-10-15-28-50(40)60-54(53)57)47-30-29-36(55(2,3)4)33-41(47)35-17-6-5-7-18-35/h5-33H,1-4H3. The fourth-order valence-electron chi connectivity index (χ4n) is 11.4. The first-order valence-corrected chi connectivity index (χ1v) is 22.0. The third kappa shape index (κ3) is 4.29. The van der Waals surface area contributed by atoms with Crippen LogP contribution in [0.5, 0.6) is 0 Å². The summed E-state index contributed by atoms with van der Waals surface area (Å²) in [5.41, 5.74) is 23.1. The van der Waals surface area contributed by atoms with Crippen molar-refractivity contribution in [3.63, 3.8) is 0 Å². The summed E-state index contributed by atoms with van der Waals surface area (Å²) >= 11 is 1.97. The normalized spacial score (nSPS) is 14.7. The Labute approximate surface area is 356 Å². The van der Waals surface area contributed by atoms with Crippen LogP contribution in [0.15, 0.2) is 176 Å². The van der Waals surface area contributed by atoms with Crippen molar-refractivity contribution >= 4 is 66.9 Å². The van der Waals surface area contributed by atoms with E-state index in [1.54, 1.807) is 0 Å². The van der Waals surface area contributed by atoms with E-state index in [1.165, 1.54) is 116 Å². The lowest BCUT2D eigenvalue weighted by Crippen LogP contribution is -2.62. The molecule has 4 heterocycles. The molecule has 284 valence electrons. The summed E-state index contributed by atoms with van der Waals surface area (Å²) in [5.74, 6) is 0. The molecule has 0 saturated carbocycles. The number of para-hydroxylation sites is 2. The Bertz CT molecular complexity index is 3250. The van der Waals surface area contributed by atoms with E-state index < -0.39 is 5.41 Å². The highest BCUT2D eigenvalue weighted by molar-refractivity contribution is 7.32. The van der Waals surface area contributed by atoms with E-state index in [-0.39, 0.29) is 12.3 Å². The molecule has 0 unspecified atom stereocenters. The van der Waals surface area contributed by atoms with Gasteiger partial charge in [0, 0.05) is 43.1 Å². The van der Waals surface area contributed by atoms with Crippen LogP contribution >= 0.6 is 11.3 Å². The molecule has 0 saturated heterocycles. The highest BCUT2D eigenvalue weighted by Crippen LogP contribution is 2.65. The van der Waals surface area contributed by atoms with Gasteiger partial charge in [-0.1, -0.05) is 166 Å². The number of fused-ring (bicyclic) bond motifs is 15. The van der Waals surface area contributed by atoms with E-state index in [0.29, 0.717) is 0 Å². The average molecular weight is 785 g/mol. The second-order valence-electron chi connectivity index (χ2n) is 18.1. The van der Waals surface area contributed by atoms with Gasteiger partial charge in [0.25, 0.3) is 0 Å². The molecule has 8 aromatic carbocycles. The lowest BCUT2D eigenvalue weighted by molar-refractivity contribution is 0.590. The molecule has 0 radical (unpaired) electrons. The second kappa shape index (κ2) is 12.0. The fourth-order valence-corrected chi connectivity index (χ4v) is 12.7. The lowest BCUT2D eigenvalue weighted by atomic mass is 9.45. The fraction of sp³-hybridized carbons (Fsp3) is 0.107. The van der Waals surface area contributed by atoms with Crippen LogP contribution in [-0.2, 0) is 10.8 Å². The minimum atomic E-state index is -0.459. The zero-order chi connectivity index (χ0) is 40.1. The van der Waals surface area contributed by atoms with Gasteiger partial charge < -0.3 is 9.71 Å². The Kier molecular flexibility index (Phi) is 6.85. The van der Waals surface area contributed by atoms with Gasteiger partial charge in [-0.25, -0.2) is 0 Å². The van der Waals surface area contributed by atoms with Gasteiger partial charge in [-0.2, -0.15) is 0 Å². The predicted molar refractivity (Wildman–Crippen MR) is 255 cm³/mol. The van der Waals surface area contributed by atoms with E-state index in [2.05, 4.69) is 213 Å². The minimum Gasteiger partial charge on any atom is -0.375 e. The van der Waals surface area contributed by atoms with E-state index in [1.807, 2.05) is 11.3 Å². The lowest BCUT2D eigenvalue weighted by Gasteiger charge is -2.52. The maximum Gasteiger partial charge on any atom is 0.343 e. The van der Waals surface area contributed by atoms with Crippen molar-refractivity contribution < 1.29 is 0 Å². The molecule has 0 atom stereocenters. The number of anilines is 5. The third-order valence-electron chi connectivity index (χ3n) is 13.8. The van der Waals surface area contributed by atoms with Gasteiger partial charge in [0.1, 0.15) is 0 Å². The molecule has 60 heavy (non-hydrogen) atoms. The Morgan fingerprint density at radius 2 is 1.15 bits per heavy atom. The van der Waals surface area contributed by atoms with Crippen molar-refractivity contribution in [1.82, 2.24) is 0 Å². The van der Waals surface area contributed by atoms with E-state index in [9.17, 15) is 0 Å². The van der Waals surface area contributed by atoms with Crippen LogP contribution in [0.25, 0.3) is 43.5 Å². The summed E-state index contributed by atoms with van der Waals surface area (Å²) in [4.78, 5) is 5.39. The molecule has 4 aliphatic rings. The smallest absolute Gasteiger partial charge is 0.343 e. The first kappa shape index (κ1) is 34.3. The van der Waals surface area contributed by atoms with Crippen LogP contribution in [0.3, 0.4) is 0 Å². The van der Waals surface area contributed by atoms with E-state index in [0.717, 1.165) is 0 Å². The monoisotopic (exact) mass is 784 g/mol. The summed E-state index contributed by atoms with van der Waals surface area (Å²) in [7, 11) is 0. The largest absolute Gasteiger partial charge is 0.375 e. The molecule has 0 bridgehead atoms. The van der Waals surface area contributed by atoms with Crippen LogP contribution in [0.1, 0.15) is 54.2 Å². The number of hydrogen-bond donors (Lipinski definition) is 0. The molecule has 9 aromatic rings. The number of nitrogens with zero attached hydrogens (tertiary/aromatic N) is 2. The van der Waals surface area contributed by atoms with Gasteiger partial charge in [-0.15, -0.1) is 11.3 Å². The topological polar surface area (TPSA) is 6.48 Å². The molecular formula is C56H41BN2S. The van der Waals surface area contributed by atoms with Gasteiger partial charge >= 0.3 is 6.85 Å². The molecule has 1 spiro atoms. The molecule has 0 amide bonds. The number of hydrogen-bond acceptors (Lipinski definition) is 3. The van der Waals surface area contributed by atoms with E-state index >= 15 is 0 Å². The molecule has 4 heteroatoms. The molecule has 2 nitrogen and oxygen atoms in total. The number of thiophene rings is 1. The Morgan fingerprint density at radius 1 is 0.500 bits per heavy atom. The molecule has 13 rings (SSSR count). The number of aryl methyl sites for hydroxylation is 1. The maximum atomic E-state index is 2.75. The van der Waals surface area contributed by atoms with Gasteiger partial charge in [0.05, 0.1) is 16.8 Å². The number of rotatable bonds is 2. The minimum absolute atomic E-state index is 0.00142. The van der Waals surface area contributed by atoms with Crippen LogP contribution in [0.2, 0.25) is 0 Å². The second-order valence-corrected chi connectivity index (χ2v) is 19.2. The van der Waals surface area contributed by atoms with Crippen molar-refractivity contribution in [2.45, 2.75) is 38.5 Å². The van der Waals surface area contributed by atoms with Gasteiger partial charge in [0.2, 0.25) is 0 Å². The SMILES string of the molecule is Cc1cc2c3c(c1)N(c1ccc(C(C)(C)C)cc1-c1ccccc1)c1c(sc4ccccc14)B3N1c3ccccc3C3(c4ccccc4-c4ccccc43)c3cccc-2c31. The Hall–Kier alpha value is -6.62. The third-order valence-corrected chi connectivity index (χ3v) is 15.0. The van der Waals surface area contributed by atoms with Gasteiger partial charge in [-0.05, 0) is 104 Å². The molecule has 1 aromatic heterocycles. The highest BCUT2D eigenvalue weighted by atomic mass is 32.1. The summed E-state index contributed by atoms with van der Waals surface area (Å²) in [6.45, 7) is 9.21. The van der Waals surface area contributed by atoms with Gasteiger partial charge in [0.15, 0.2) is 0 Å². The Morgan fingerprint density at radius 3 is 1.92 bits per heavy atom. The quantitative estimate of drug-likeness (QED) is 0.161. The summed E-state index contributed by atoms with van der Waals surface area (Å²) in [6, 6.07) is 67.0. The molecule has 1 aliphatic carbocycles. The van der Waals surface area contributed by atoms with Gasteiger partial charge in [-0.3, -0.25) is 0 Å². The molecule has 3 aliphatic heterocycles. The van der Waals surface area contributed by atoms with Crippen LogP contribution in [0, 0.1) is 6.92 Å². The van der Waals surface area contributed by atoms with Crippen molar-refractivity contribution in [1.29, 1.82) is 0 Å². The summed E-state index contributed by atoms with van der Waals surface area (Å²) < 4.78 is 2.69. The predicted octanol–water partition coefficient (Wildman–Crippen LogP) is 13.6. The maximum absolute atomic E-state index is 2.75. The van der Waals surface area contributed by atoms with Crippen molar-refractivity contribution in [3.8, 4) is 33.4 Å². The first-order valence-electron chi connectivity index (χ1n) is 21.2. The highest BCUT2D eigenvalue weighted by Gasteiger charge is 2.56. The zero-order valence-electron chi connectivity index (χ0n) is 34.1. The van der Waals surface area contributed by atoms with Crippen molar-refractivity contribution in [2.24, 2.45) is 0 Å². The molecular weight excluding hydrogens is 744 g/mol. The Balaban J connectivity index is 1.17. The van der Waals surface area contributed by atoms with Crippen LogP contribution in [0.4, 0.5) is 28.4 Å². The summed E-state index contributed by atoms with van der Waals surface area (Å²) in [5, 5.41) is 1.30. The number of benzene rings is 8. The van der Waals surface area contributed by atoms with E-state index in [4.69, 9.17) is 0 Å². The molecule has 0 fully saturated rings. The average Bonchev–Trinajstić information content (AvgIpc) is 3.80. The zero-order valence-corrected chi connectivity index (χ0v) is 34.9. The van der Waals surface area contributed by atoms with Crippen molar-refractivity contribution in [2.75, 3.05) is 9.71 Å². The van der Waals surface area contributed by atoms with Crippen LogP contribution in [-0.4, -0.2) is 6.85 Å². The first-order chi connectivity index (χ1) is 29.3.